The monoisotopic (exact) mass is 2060 g/mol. The lowest BCUT2D eigenvalue weighted by Gasteiger charge is -2.08. The first-order valence-electron chi connectivity index (χ1n) is 41.2. The molecular weight excluding hydrogens is 1970 g/mol. The number of furan rings is 2. The second-order valence-electron chi connectivity index (χ2n) is 30.0. The summed E-state index contributed by atoms with van der Waals surface area (Å²) >= 11 is 6.36. The molecule has 0 saturated carbocycles. The smallest absolute Gasteiger partial charge is 0.233 e. The van der Waals surface area contributed by atoms with E-state index in [1.807, 2.05) is 82.9 Å². The zero-order chi connectivity index (χ0) is 98.6. The molecule has 5 N–H and O–H groups in total. The van der Waals surface area contributed by atoms with Crippen LogP contribution >= 0.6 is 45.5 Å². The van der Waals surface area contributed by atoms with Crippen molar-refractivity contribution in [2.75, 3.05) is 58.8 Å². The Labute approximate surface area is 818 Å². The third-order valence-electron chi connectivity index (χ3n) is 19.2. The van der Waals surface area contributed by atoms with Crippen LogP contribution in [0, 0.1) is 0 Å². The number of hydrogen-bond donors (Lipinski definition) is 5. The predicted octanol–water partition coefficient (Wildman–Crippen LogP) is 17.4. The summed E-state index contributed by atoms with van der Waals surface area (Å²) in [6, 6.07) is 58.8. The molecule has 13 aromatic heterocycles. The van der Waals surface area contributed by atoms with E-state index in [4.69, 9.17) is 18.3 Å². The Morgan fingerprint density at radius 2 is 0.755 bits per heavy atom. The number of benzene rings is 5. The second-order valence-corrected chi connectivity index (χ2v) is 46.0. The number of ether oxygens (including phenoxy) is 2. The first-order chi connectivity index (χ1) is 66.5. The minimum Gasteiger partial charge on any atom is -0.507 e. The van der Waals surface area contributed by atoms with E-state index in [0.717, 1.165) is 61.6 Å². The Bertz CT molecular complexity index is 6910. The zero-order valence-electron chi connectivity index (χ0n) is 74.6. The Kier molecular flexibility index (Phi) is 34.7. The van der Waals surface area contributed by atoms with Crippen LogP contribution in [0.4, 0.5) is 23.3 Å². The van der Waals surface area contributed by atoms with Gasteiger partial charge in [-0.15, -0.1) is 34.0 Å². The van der Waals surface area contributed by atoms with Crippen LogP contribution in [0.1, 0.15) is 30.8 Å². The molecule has 0 aliphatic rings. The van der Waals surface area contributed by atoms with Crippen LogP contribution in [0.15, 0.2) is 354 Å². The molecule has 18 rings (SSSR count). The first kappa shape index (κ1) is 102. The minimum atomic E-state index is -3.37. The number of phenols is 1. The summed E-state index contributed by atoms with van der Waals surface area (Å²) < 4.78 is 163. The van der Waals surface area contributed by atoms with E-state index in [2.05, 4.69) is 85.4 Å². The molecule has 0 unspecified atom stereocenters. The molecule has 0 bridgehead atoms. The molecule has 44 heteroatoms. The van der Waals surface area contributed by atoms with Crippen molar-refractivity contribution in [2.24, 2.45) is 0 Å². The molecule has 5 aromatic carbocycles. The predicted molar refractivity (Wildman–Crippen MR) is 536 cm³/mol. The van der Waals surface area contributed by atoms with Gasteiger partial charge < -0.3 is 44.7 Å². The number of aromatic hydroxyl groups is 1. The van der Waals surface area contributed by atoms with E-state index in [9.17, 15) is 55.6 Å². The van der Waals surface area contributed by atoms with Gasteiger partial charge in [-0.05, 0) is 161 Å². The molecular formula is C95H87N17O17S10. The summed E-state index contributed by atoms with van der Waals surface area (Å²) in [6.07, 6.45) is 31.0. The lowest BCUT2D eigenvalue weighted by Crippen LogP contribution is -2.02. The number of pyridine rings is 2. The highest BCUT2D eigenvalue weighted by Gasteiger charge is 2.19. The van der Waals surface area contributed by atoms with Gasteiger partial charge in [0.15, 0.2) is 64.0 Å². The molecule has 0 radical (unpaired) electrons. The highest BCUT2D eigenvalue weighted by Crippen LogP contribution is 2.33. The van der Waals surface area contributed by atoms with E-state index in [0.29, 0.717) is 112 Å². The lowest BCUT2D eigenvalue weighted by atomic mass is 10.1. The number of nitrogens with zero attached hydrogens (tertiary/aromatic N) is 13. The SMILES string of the molecule is CS(=O)(=O)c1ccc(-c2cccc(NCc3ccoc3)n2)cc1.CS(=O)(=O)c1ccc(-c2cncc(NCc3cccs3)n2)c(O)c1.CS(=O)(=O)c1ccc(-c2cncc(NCc3cccs3)n2)cn1.CS(=O)(=O)c1ccc(-c2cncc(NCc3ccns3)n2)cc1.CS(=O)(=O)c1ccc(-c2cncc(OCc3ccco3)n2)cc1.CS(=O)(=O)c1ccc(-c2cncc(OCc3cccs3)n2)cc1. The summed E-state index contributed by atoms with van der Waals surface area (Å²) in [5.41, 5.74) is 9.18. The number of sulfone groups is 6. The maximum absolute atomic E-state index is 11.5. The van der Waals surface area contributed by atoms with Gasteiger partial charge in [0.05, 0.1) is 159 Å². The molecule has 0 spiro atoms. The molecule has 0 fully saturated rings. The fourth-order valence-electron chi connectivity index (χ4n) is 12.1. The fraction of sp³-hybridized carbons (Fsp3) is 0.126. The normalized spacial score (nSPS) is 11.4. The van der Waals surface area contributed by atoms with Gasteiger partial charge in [0.25, 0.3) is 0 Å². The van der Waals surface area contributed by atoms with Crippen LogP contribution < -0.4 is 30.7 Å². The standard InChI is InChI=1S/C17H16N2O3S.C16H15N3O3S2.C16H14N2O4S.C16H14N2O3S2.2C15H14N4O2S2/c1-23(20,21)15-7-5-14(6-8-15)16-3-2-4-17(19-16)18-11-13-9-10-22-12-13;1-24(21,22)12-4-5-13(15(20)7-12)14-9-17-10-16(19-14)18-8-11-3-2-6-23-11;1-23(19,20)14-6-4-12(5-7-14)15-9-17-10-16(18-15)22-11-13-3-2-8-21-13;1-23(19,20)14-6-4-12(5-7-14)15-9-17-10-16(18-15)21-11-13-3-2-8-22-13;1-23(20,21)13-4-2-11(3-5-13)14-9-16-10-15(19-14)17-8-12-6-7-18-22-12;1-23(20,21)15-5-4-11(7-18-15)13-9-16-10-14(19-13)17-8-12-3-2-6-22-12/h2-10,12H,11H2,1H3,(H,18,19);2-7,9-10,20H,8H2,1H3,(H,18,19);2*2-10H,11H2,1H3;2*2-7,9-10H,8H2,1H3,(H,17,19). The lowest BCUT2D eigenvalue weighted by molar-refractivity contribution is 0.260. The molecule has 0 saturated heterocycles. The number of rotatable bonds is 30. The Hall–Kier alpha value is -14.6. The van der Waals surface area contributed by atoms with E-state index in [-0.39, 0.29) is 37.0 Å². The van der Waals surface area contributed by atoms with Gasteiger partial charge in [0.1, 0.15) is 48.0 Å². The summed E-state index contributed by atoms with van der Waals surface area (Å²) in [5, 5.41) is 29.0. The van der Waals surface area contributed by atoms with Crippen molar-refractivity contribution < 1.29 is 73.9 Å². The van der Waals surface area contributed by atoms with Crippen molar-refractivity contribution in [3.63, 3.8) is 0 Å². The number of hydrogen-bond acceptors (Lipinski definition) is 38. The van der Waals surface area contributed by atoms with Gasteiger partial charge in [-0.2, -0.15) is 0 Å². The van der Waals surface area contributed by atoms with E-state index >= 15 is 0 Å². The quantitative estimate of drug-likeness (QED) is 0.0279. The van der Waals surface area contributed by atoms with Crippen molar-refractivity contribution in [1.29, 1.82) is 0 Å². The van der Waals surface area contributed by atoms with Gasteiger partial charge in [-0.1, -0.05) is 72.8 Å². The topological polar surface area (TPSA) is 485 Å². The number of phenolic OH excluding ortho intramolecular Hbond substituents is 1. The van der Waals surface area contributed by atoms with E-state index in [1.165, 1.54) is 89.2 Å². The molecule has 0 amide bonds. The van der Waals surface area contributed by atoms with Crippen LogP contribution in [0.25, 0.3) is 67.5 Å². The molecule has 0 aliphatic heterocycles. The number of thiophene rings is 3. The summed E-state index contributed by atoms with van der Waals surface area (Å²) in [4.78, 5) is 57.1. The third kappa shape index (κ3) is 31.5. The zero-order valence-corrected chi connectivity index (χ0v) is 82.8. The Morgan fingerprint density at radius 1 is 0.338 bits per heavy atom. The molecule has 0 atom stereocenters. The van der Waals surface area contributed by atoms with E-state index < -0.39 is 59.0 Å². The third-order valence-corrected chi connectivity index (χ3v) is 29.2. The van der Waals surface area contributed by atoms with Crippen molar-refractivity contribution >= 4 is 128 Å². The first-order valence-corrected chi connectivity index (χ1v) is 56.0. The fourth-order valence-corrected chi connectivity index (χ4v) is 18.3. The van der Waals surface area contributed by atoms with Crippen LogP contribution in [-0.4, -0.2) is 157 Å². The van der Waals surface area contributed by atoms with Crippen LogP contribution in [0.5, 0.6) is 17.5 Å². The molecule has 13 heterocycles. The van der Waals surface area contributed by atoms with Crippen LogP contribution in [-0.2, 0) is 98.4 Å². The summed E-state index contributed by atoms with van der Waals surface area (Å²) in [5.74, 6) is 3.97. The largest absolute Gasteiger partial charge is 0.507 e. The minimum absolute atomic E-state index is 0.0428. The van der Waals surface area contributed by atoms with Gasteiger partial charge in [0.2, 0.25) is 11.8 Å². The van der Waals surface area contributed by atoms with E-state index in [1.54, 1.807) is 224 Å². The number of aromatic nitrogens is 13. The summed E-state index contributed by atoms with van der Waals surface area (Å²) in [7, 11) is -19.5. The maximum atomic E-state index is 11.5. The number of nitrogens with one attached hydrogen (secondary N) is 4. The van der Waals surface area contributed by atoms with Gasteiger partial charge in [-0.3, -0.25) is 24.9 Å². The van der Waals surface area contributed by atoms with Gasteiger partial charge in [0, 0.05) is 115 Å². The molecule has 34 nitrogen and oxygen atoms in total. The highest BCUT2D eigenvalue weighted by atomic mass is 32.2. The van der Waals surface area contributed by atoms with Gasteiger partial charge in [-0.25, -0.2) is 89.8 Å². The average molecular weight is 2060 g/mol. The van der Waals surface area contributed by atoms with Crippen molar-refractivity contribution in [3.8, 4) is 85.1 Å². The van der Waals surface area contributed by atoms with Gasteiger partial charge >= 0.3 is 0 Å². The molecule has 139 heavy (non-hydrogen) atoms. The van der Waals surface area contributed by atoms with Crippen molar-refractivity contribution in [2.45, 2.75) is 68.9 Å². The number of anilines is 4. The van der Waals surface area contributed by atoms with Crippen LogP contribution in [0.2, 0.25) is 0 Å². The molecule has 0 aliphatic carbocycles. The van der Waals surface area contributed by atoms with Crippen molar-refractivity contribution in [3.05, 3.63) is 346 Å². The molecule has 714 valence electrons. The Balaban J connectivity index is 0.000000141. The summed E-state index contributed by atoms with van der Waals surface area (Å²) in [6.45, 7) is 3.28. The molecule has 18 aromatic rings. The average Bonchev–Trinajstić information content (AvgIpc) is 1.57. The van der Waals surface area contributed by atoms with Crippen molar-refractivity contribution in [1.82, 2.24) is 64.2 Å². The maximum Gasteiger partial charge on any atom is 0.233 e. The Morgan fingerprint density at radius 3 is 1.17 bits per heavy atom. The second kappa shape index (κ2) is 47.4. The highest BCUT2D eigenvalue weighted by molar-refractivity contribution is 7.92. The van der Waals surface area contributed by atoms with Crippen LogP contribution in [0.3, 0.4) is 0 Å².